The molecule has 0 aliphatic carbocycles. The Bertz CT molecular complexity index is 301. The molecule has 0 aromatic carbocycles. The van der Waals surface area contributed by atoms with E-state index in [0.29, 0.717) is 6.61 Å². The number of aliphatic hydroxyl groups excluding tert-OH is 5. The van der Waals surface area contributed by atoms with Gasteiger partial charge in [0.2, 0.25) is 0 Å². The average Bonchev–Trinajstić information content (AvgIpc) is 2.55. The molecule has 1 aliphatic rings. The summed E-state index contributed by atoms with van der Waals surface area (Å²) >= 11 is 0. The second-order valence-corrected chi connectivity index (χ2v) is 5.82. The van der Waals surface area contributed by atoms with Crippen LogP contribution >= 0.6 is 0 Å². The fraction of sp³-hybridized carbons (Fsp3) is 1.00. The number of aliphatic hydroxyl groups is 5. The molecule has 1 rings (SSSR count). The molecule has 1 unspecified atom stereocenters. The molecule has 0 radical (unpaired) electrons. The van der Waals surface area contributed by atoms with E-state index >= 15 is 0 Å². The minimum atomic E-state index is -1.49. The van der Waals surface area contributed by atoms with Gasteiger partial charge < -0.3 is 39.7 Å². The van der Waals surface area contributed by atoms with Crippen LogP contribution in [0.1, 0.15) is 32.6 Å². The zero-order valence-electron chi connectivity index (χ0n) is 13.6. The van der Waals surface area contributed by atoms with Gasteiger partial charge in [0.1, 0.15) is 30.5 Å². The summed E-state index contributed by atoms with van der Waals surface area (Å²) in [5, 5.41) is 47.9. The van der Waals surface area contributed by atoms with Gasteiger partial charge >= 0.3 is 0 Å². The SMILES string of the molecule is CCCCCCOCC(O)CO[C@@H]1O[C@H](CO)[C@H](O)[C@H](O)[C@H]1O. The van der Waals surface area contributed by atoms with Crippen molar-refractivity contribution in [1.82, 2.24) is 0 Å². The molecule has 1 heterocycles. The third-order valence-electron chi connectivity index (χ3n) is 3.75. The van der Waals surface area contributed by atoms with Crippen molar-refractivity contribution in [2.24, 2.45) is 0 Å². The van der Waals surface area contributed by atoms with Crippen molar-refractivity contribution in [3.8, 4) is 0 Å². The molecule has 8 heteroatoms. The molecule has 0 bridgehead atoms. The van der Waals surface area contributed by atoms with Crippen molar-refractivity contribution < 1.29 is 39.7 Å². The van der Waals surface area contributed by atoms with Crippen LogP contribution in [-0.4, -0.2) is 88.8 Å². The largest absolute Gasteiger partial charge is 0.394 e. The summed E-state index contributed by atoms with van der Waals surface area (Å²) in [6, 6.07) is 0. The highest BCUT2D eigenvalue weighted by atomic mass is 16.7. The number of unbranched alkanes of at least 4 members (excludes halogenated alkanes) is 3. The van der Waals surface area contributed by atoms with Crippen LogP contribution in [0.5, 0.6) is 0 Å². The second kappa shape index (κ2) is 11.3. The molecule has 0 spiro atoms. The summed E-state index contributed by atoms with van der Waals surface area (Å²) in [5.41, 5.74) is 0. The maximum Gasteiger partial charge on any atom is 0.186 e. The molecule has 0 saturated carbocycles. The van der Waals surface area contributed by atoms with Gasteiger partial charge in [-0.25, -0.2) is 0 Å². The molecule has 1 saturated heterocycles. The Morgan fingerprint density at radius 2 is 1.74 bits per heavy atom. The Balaban J connectivity index is 2.22. The lowest BCUT2D eigenvalue weighted by Crippen LogP contribution is -2.59. The van der Waals surface area contributed by atoms with Gasteiger partial charge in [0.05, 0.1) is 19.8 Å². The Morgan fingerprint density at radius 3 is 2.39 bits per heavy atom. The normalized spacial score (nSPS) is 32.9. The molecule has 0 aromatic heterocycles. The van der Waals surface area contributed by atoms with Gasteiger partial charge in [-0.1, -0.05) is 26.2 Å². The first kappa shape index (κ1) is 20.7. The highest BCUT2D eigenvalue weighted by Gasteiger charge is 2.44. The van der Waals surface area contributed by atoms with E-state index < -0.39 is 43.4 Å². The van der Waals surface area contributed by atoms with Crippen molar-refractivity contribution in [2.45, 2.75) is 69.4 Å². The molecule has 1 fully saturated rings. The Kier molecular flexibility index (Phi) is 10.2. The molecule has 23 heavy (non-hydrogen) atoms. The third-order valence-corrected chi connectivity index (χ3v) is 3.75. The van der Waals surface area contributed by atoms with Gasteiger partial charge in [-0.15, -0.1) is 0 Å². The highest BCUT2D eigenvalue weighted by molar-refractivity contribution is 4.88. The van der Waals surface area contributed by atoms with Crippen molar-refractivity contribution in [1.29, 1.82) is 0 Å². The molecule has 1 aliphatic heterocycles. The van der Waals surface area contributed by atoms with Crippen LogP contribution in [0.15, 0.2) is 0 Å². The van der Waals surface area contributed by atoms with E-state index in [9.17, 15) is 20.4 Å². The Hall–Kier alpha value is -0.320. The quantitative estimate of drug-likeness (QED) is 0.296. The third kappa shape index (κ3) is 6.98. The van der Waals surface area contributed by atoms with E-state index in [1.54, 1.807) is 0 Å². The Morgan fingerprint density at radius 1 is 1.00 bits per heavy atom. The maximum absolute atomic E-state index is 9.78. The van der Waals surface area contributed by atoms with E-state index in [0.717, 1.165) is 25.7 Å². The summed E-state index contributed by atoms with van der Waals surface area (Å²) < 4.78 is 15.7. The van der Waals surface area contributed by atoms with Crippen molar-refractivity contribution in [2.75, 3.05) is 26.4 Å². The summed E-state index contributed by atoms with van der Waals surface area (Å²) in [6.45, 7) is 2.12. The molecule has 0 aromatic rings. The predicted octanol–water partition coefficient (Wildman–Crippen LogP) is -1.24. The number of hydrogen-bond donors (Lipinski definition) is 5. The van der Waals surface area contributed by atoms with Crippen LogP contribution in [0.2, 0.25) is 0 Å². The molecule has 5 N–H and O–H groups in total. The topological polar surface area (TPSA) is 129 Å². The number of rotatable bonds is 11. The first-order valence-electron chi connectivity index (χ1n) is 8.19. The minimum absolute atomic E-state index is 0.101. The predicted molar refractivity (Wildman–Crippen MR) is 80.7 cm³/mol. The standard InChI is InChI=1S/C15H30O8/c1-2-3-4-5-6-21-8-10(17)9-22-15-14(20)13(19)12(18)11(7-16)23-15/h10-20H,2-9H2,1H3/t10?,11-,12+,13+,14-,15-/m1/s1. The molecular weight excluding hydrogens is 308 g/mol. The van der Waals surface area contributed by atoms with Crippen LogP contribution in [0.25, 0.3) is 0 Å². The molecular formula is C15H30O8. The van der Waals surface area contributed by atoms with Crippen LogP contribution in [0, 0.1) is 0 Å². The van der Waals surface area contributed by atoms with Crippen molar-refractivity contribution >= 4 is 0 Å². The summed E-state index contributed by atoms with van der Waals surface area (Å²) in [5.74, 6) is 0. The highest BCUT2D eigenvalue weighted by Crippen LogP contribution is 2.22. The van der Waals surface area contributed by atoms with Gasteiger partial charge in [0.25, 0.3) is 0 Å². The number of hydrogen-bond acceptors (Lipinski definition) is 8. The fourth-order valence-electron chi connectivity index (χ4n) is 2.31. The zero-order chi connectivity index (χ0) is 17.2. The maximum atomic E-state index is 9.78. The number of ether oxygens (including phenoxy) is 3. The smallest absolute Gasteiger partial charge is 0.186 e. The molecule has 8 nitrogen and oxygen atoms in total. The van der Waals surface area contributed by atoms with Crippen molar-refractivity contribution in [3.05, 3.63) is 0 Å². The van der Waals surface area contributed by atoms with Gasteiger partial charge in [-0.3, -0.25) is 0 Å². The lowest BCUT2D eigenvalue weighted by molar-refractivity contribution is -0.305. The van der Waals surface area contributed by atoms with E-state index in [2.05, 4.69) is 6.92 Å². The monoisotopic (exact) mass is 338 g/mol. The lowest BCUT2D eigenvalue weighted by Gasteiger charge is -2.39. The van der Waals surface area contributed by atoms with Crippen LogP contribution in [0.3, 0.4) is 0 Å². The molecule has 138 valence electrons. The first-order valence-corrected chi connectivity index (χ1v) is 8.19. The van der Waals surface area contributed by atoms with Crippen LogP contribution < -0.4 is 0 Å². The van der Waals surface area contributed by atoms with E-state index in [4.69, 9.17) is 19.3 Å². The first-order chi connectivity index (χ1) is 11.0. The van der Waals surface area contributed by atoms with E-state index in [-0.39, 0.29) is 13.2 Å². The average molecular weight is 338 g/mol. The Labute approximate surface area is 136 Å². The molecule has 6 atom stereocenters. The lowest BCUT2D eigenvalue weighted by atomic mass is 9.99. The van der Waals surface area contributed by atoms with Gasteiger partial charge in [-0.2, -0.15) is 0 Å². The van der Waals surface area contributed by atoms with E-state index in [1.165, 1.54) is 0 Å². The van der Waals surface area contributed by atoms with Gasteiger partial charge in [-0.05, 0) is 6.42 Å². The van der Waals surface area contributed by atoms with Crippen LogP contribution in [-0.2, 0) is 14.2 Å². The second-order valence-electron chi connectivity index (χ2n) is 5.82. The zero-order valence-corrected chi connectivity index (χ0v) is 13.6. The van der Waals surface area contributed by atoms with Crippen molar-refractivity contribution in [3.63, 3.8) is 0 Å². The summed E-state index contributed by atoms with van der Waals surface area (Å²) in [4.78, 5) is 0. The van der Waals surface area contributed by atoms with E-state index in [1.807, 2.05) is 0 Å². The summed E-state index contributed by atoms with van der Waals surface area (Å²) in [6.07, 6.45) is -3.19. The van der Waals surface area contributed by atoms with Gasteiger partial charge in [0, 0.05) is 6.61 Å². The fourth-order valence-corrected chi connectivity index (χ4v) is 2.31. The minimum Gasteiger partial charge on any atom is -0.394 e. The van der Waals surface area contributed by atoms with Gasteiger partial charge in [0.15, 0.2) is 6.29 Å². The van der Waals surface area contributed by atoms with Crippen LogP contribution in [0.4, 0.5) is 0 Å². The molecule has 0 amide bonds. The summed E-state index contributed by atoms with van der Waals surface area (Å²) in [7, 11) is 0.